The second-order valence-corrected chi connectivity index (χ2v) is 4.95. The zero-order valence-electron chi connectivity index (χ0n) is 11.4. The van der Waals surface area contributed by atoms with Crippen molar-refractivity contribution in [2.45, 2.75) is 6.42 Å². The van der Waals surface area contributed by atoms with Crippen molar-refractivity contribution >= 4 is 34.1 Å². The fourth-order valence-corrected chi connectivity index (χ4v) is 1.93. The Morgan fingerprint density at radius 3 is 2.75 bits per heavy atom. The number of carbonyl (C=O) groups excluding carboxylic acids is 1. The van der Waals surface area contributed by atoms with Gasteiger partial charge >= 0.3 is 0 Å². The van der Waals surface area contributed by atoms with Gasteiger partial charge in [-0.3, -0.25) is 4.79 Å². The first-order chi connectivity index (χ1) is 9.50. The summed E-state index contributed by atoms with van der Waals surface area (Å²) in [6.07, 6.45) is 0.281. The van der Waals surface area contributed by atoms with Gasteiger partial charge in [0.2, 0.25) is 11.7 Å². The molecule has 0 aliphatic carbocycles. The molecule has 0 radical (unpaired) electrons. The molecule has 2 N–H and O–H groups in total. The second-order valence-electron chi connectivity index (χ2n) is 4.51. The molecule has 0 aliphatic rings. The maximum absolute atomic E-state index is 11.5. The van der Waals surface area contributed by atoms with Gasteiger partial charge in [-0.05, 0) is 12.1 Å². The first kappa shape index (κ1) is 14.3. The van der Waals surface area contributed by atoms with E-state index < -0.39 is 0 Å². The Morgan fingerprint density at radius 2 is 2.10 bits per heavy atom. The average molecular weight is 292 g/mol. The van der Waals surface area contributed by atoms with E-state index in [1.807, 2.05) is 24.3 Å². The summed E-state index contributed by atoms with van der Waals surface area (Å²) >= 11 is 4.96. The quantitative estimate of drug-likeness (QED) is 0.853. The minimum atomic E-state index is -0.00493. The van der Waals surface area contributed by atoms with Crippen LogP contribution in [-0.4, -0.2) is 36.5 Å². The van der Waals surface area contributed by atoms with E-state index in [0.717, 1.165) is 5.39 Å². The minimum Gasteiger partial charge on any atom is -0.488 e. The van der Waals surface area contributed by atoms with E-state index in [2.05, 4.69) is 0 Å². The molecule has 0 aliphatic heterocycles. The summed E-state index contributed by atoms with van der Waals surface area (Å²) < 4.78 is 11.2. The Hall–Kier alpha value is -2.08. The van der Waals surface area contributed by atoms with Crippen LogP contribution in [0.25, 0.3) is 11.0 Å². The van der Waals surface area contributed by atoms with Gasteiger partial charge in [0.25, 0.3) is 0 Å². The highest BCUT2D eigenvalue weighted by atomic mass is 32.1. The van der Waals surface area contributed by atoms with E-state index >= 15 is 0 Å². The third kappa shape index (κ3) is 2.91. The highest BCUT2D eigenvalue weighted by Crippen LogP contribution is 2.33. The van der Waals surface area contributed by atoms with E-state index in [1.165, 1.54) is 4.90 Å². The predicted molar refractivity (Wildman–Crippen MR) is 80.9 cm³/mol. The number of ether oxygens (including phenoxy) is 1. The van der Waals surface area contributed by atoms with E-state index in [1.54, 1.807) is 14.1 Å². The minimum absolute atomic E-state index is 0.00493. The molecule has 0 fully saturated rings. The number of benzene rings is 1. The lowest BCUT2D eigenvalue weighted by Crippen LogP contribution is -2.23. The monoisotopic (exact) mass is 292 g/mol. The summed E-state index contributed by atoms with van der Waals surface area (Å²) in [5, 5.41) is 0.799. The number of hydrogen-bond acceptors (Lipinski definition) is 4. The van der Waals surface area contributed by atoms with Crippen molar-refractivity contribution in [3.8, 4) is 5.75 Å². The number of amides is 1. The Labute approximate surface area is 122 Å². The first-order valence-electron chi connectivity index (χ1n) is 6.15. The van der Waals surface area contributed by atoms with Crippen LogP contribution in [0, 0.1) is 0 Å². The normalized spacial score (nSPS) is 10.5. The smallest absolute Gasteiger partial charge is 0.225 e. The topological polar surface area (TPSA) is 68.7 Å². The van der Waals surface area contributed by atoms with Gasteiger partial charge in [0, 0.05) is 14.1 Å². The average Bonchev–Trinajstić information content (AvgIpc) is 2.78. The fraction of sp³-hybridized carbons (Fsp3) is 0.286. The molecule has 5 nitrogen and oxygen atoms in total. The molecular formula is C14H16N2O3S. The zero-order chi connectivity index (χ0) is 14.7. The van der Waals surface area contributed by atoms with Crippen molar-refractivity contribution in [3.63, 3.8) is 0 Å². The van der Waals surface area contributed by atoms with Gasteiger partial charge in [-0.2, -0.15) is 0 Å². The molecule has 0 bridgehead atoms. The van der Waals surface area contributed by atoms with Gasteiger partial charge < -0.3 is 19.8 Å². The largest absolute Gasteiger partial charge is 0.488 e. The van der Waals surface area contributed by atoms with Crippen LogP contribution >= 0.6 is 12.2 Å². The molecule has 20 heavy (non-hydrogen) atoms. The number of hydrogen-bond donors (Lipinski definition) is 1. The molecule has 1 aromatic carbocycles. The lowest BCUT2D eigenvalue weighted by atomic mass is 10.2. The molecule has 0 unspecified atom stereocenters. The Bertz CT molecular complexity index is 649. The summed E-state index contributed by atoms with van der Waals surface area (Å²) in [6.45, 7) is 0.246. The van der Waals surface area contributed by atoms with Gasteiger partial charge in [0.15, 0.2) is 5.75 Å². The first-order valence-corrected chi connectivity index (χ1v) is 6.56. The third-order valence-corrected chi connectivity index (χ3v) is 3.02. The lowest BCUT2D eigenvalue weighted by molar-refractivity contribution is -0.129. The predicted octanol–water partition coefficient (Wildman–Crippen LogP) is 1.92. The van der Waals surface area contributed by atoms with Crippen LogP contribution in [0.15, 0.2) is 28.7 Å². The molecule has 6 heteroatoms. The maximum atomic E-state index is 11.5. The van der Waals surface area contributed by atoms with Crippen molar-refractivity contribution in [1.29, 1.82) is 0 Å². The van der Waals surface area contributed by atoms with Gasteiger partial charge in [-0.15, -0.1) is 0 Å². The van der Waals surface area contributed by atoms with Crippen molar-refractivity contribution < 1.29 is 13.9 Å². The number of thiocarbonyl (C=S) groups is 1. The molecule has 2 aromatic rings. The summed E-state index contributed by atoms with van der Waals surface area (Å²) in [6, 6.07) is 7.41. The van der Waals surface area contributed by atoms with E-state index in [-0.39, 0.29) is 23.9 Å². The highest BCUT2D eigenvalue weighted by molar-refractivity contribution is 7.80. The second kappa shape index (κ2) is 5.92. The molecule has 0 saturated heterocycles. The summed E-state index contributed by atoms with van der Waals surface area (Å²) in [7, 11) is 3.41. The SMILES string of the molecule is CN(C)C(=O)CCOc1c(C(N)=S)oc2ccccc12. The molecule has 1 heterocycles. The van der Waals surface area contributed by atoms with Crippen molar-refractivity contribution in [1.82, 2.24) is 4.90 Å². The van der Waals surface area contributed by atoms with Crippen LogP contribution in [0.1, 0.15) is 12.2 Å². The Balaban J connectivity index is 2.21. The van der Waals surface area contributed by atoms with E-state index in [0.29, 0.717) is 17.1 Å². The molecule has 0 saturated carbocycles. The Morgan fingerprint density at radius 1 is 1.40 bits per heavy atom. The van der Waals surface area contributed by atoms with Gasteiger partial charge in [-0.25, -0.2) is 0 Å². The summed E-state index contributed by atoms with van der Waals surface area (Å²) in [4.78, 5) is 13.2. The molecule has 0 spiro atoms. The standard InChI is InChI=1S/C14H16N2O3S/c1-16(2)11(17)7-8-18-12-9-5-3-4-6-10(9)19-13(12)14(15)20/h3-6H,7-8H2,1-2H3,(H2,15,20). The van der Waals surface area contributed by atoms with Crippen molar-refractivity contribution in [3.05, 3.63) is 30.0 Å². The van der Waals surface area contributed by atoms with Crippen LogP contribution in [-0.2, 0) is 4.79 Å². The zero-order valence-corrected chi connectivity index (χ0v) is 12.2. The lowest BCUT2D eigenvalue weighted by Gasteiger charge is -2.10. The summed E-state index contributed by atoms with van der Waals surface area (Å²) in [5.74, 6) is 0.841. The molecular weight excluding hydrogens is 276 g/mol. The Kier molecular flexibility index (Phi) is 4.24. The van der Waals surface area contributed by atoms with Crippen molar-refractivity contribution in [2.75, 3.05) is 20.7 Å². The van der Waals surface area contributed by atoms with Crippen molar-refractivity contribution in [2.24, 2.45) is 5.73 Å². The third-order valence-electron chi connectivity index (χ3n) is 2.83. The molecule has 2 rings (SSSR count). The van der Waals surface area contributed by atoms with E-state index in [4.69, 9.17) is 27.1 Å². The maximum Gasteiger partial charge on any atom is 0.225 e. The number of fused-ring (bicyclic) bond motifs is 1. The van der Waals surface area contributed by atoms with Gasteiger partial charge in [0.05, 0.1) is 18.4 Å². The molecule has 1 aromatic heterocycles. The van der Waals surface area contributed by atoms with Crippen LogP contribution in [0.4, 0.5) is 0 Å². The number of nitrogens with zero attached hydrogens (tertiary/aromatic N) is 1. The molecule has 0 atom stereocenters. The molecule has 106 valence electrons. The number of carbonyl (C=O) groups is 1. The fourth-order valence-electron chi connectivity index (χ4n) is 1.79. The number of para-hydroxylation sites is 1. The number of rotatable bonds is 5. The molecule has 1 amide bonds. The highest BCUT2D eigenvalue weighted by Gasteiger charge is 2.17. The van der Waals surface area contributed by atoms with Crippen LogP contribution in [0.2, 0.25) is 0 Å². The number of furan rings is 1. The van der Waals surface area contributed by atoms with Gasteiger partial charge in [0.1, 0.15) is 10.6 Å². The van der Waals surface area contributed by atoms with Crippen LogP contribution in [0.5, 0.6) is 5.75 Å². The van der Waals surface area contributed by atoms with Crippen LogP contribution in [0.3, 0.4) is 0 Å². The van der Waals surface area contributed by atoms with Gasteiger partial charge in [-0.1, -0.05) is 24.4 Å². The van der Waals surface area contributed by atoms with Crippen LogP contribution < -0.4 is 10.5 Å². The number of nitrogens with two attached hydrogens (primary N) is 1. The van der Waals surface area contributed by atoms with E-state index in [9.17, 15) is 4.79 Å². The summed E-state index contributed by atoms with van der Waals surface area (Å²) in [5.41, 5.74) is 6.30.